The lowest BCUT2D eigenvalue weighted by Crippen LogP contribution is -2.11. The average molecular weight is 997 g/mol. The summed E-state index contributed by atoms with van der Waals surface area (Å²) < 4.78 is 13.8. The van der Waals surface area contributed by atoms with E-state index in [2.05, 4.69) is 301 Å². The molecular formula is C74H48N2O2. The summed E-state index contributed by atoms with van der Waals surface area (Å²) in [5, 5.41) is 8.58. The zero-order valence-electron chi connectivity index (χ0n) is 42.4. The molecule has 0 saturated heterocycles. The molecule has 0 radical (unpaired) electrons. The first-order chi connectivity index (χ1) is 38.6. The Kier molecular flexibility index (Phi) is 10.8. The van der Waals surface area contributed by atoms with Gasteiger partial charge in [-0.2, -0.15) is 0 Å². The van der Waals surface area contributed by atoms with Gasteiger partial charge in [0.1, 0.15) is 11.2 Å². The van der Waals surface area contributed by atoms with E-state index >= 15 is 0 Å². The second-order valence-electron chi connectivity index (χ2n) is 20.1. The number of fused-ring (bicyclic) bond motifs is 9. The molecule has 0 amide bonds. The van der Waals surface area contributed by atoms with Gasteiger partial charge < -0.3 is 18.6 Å². The van der Waals surface area contributed by atoms with Crippen LogP contribution in [0.25, 0.3) is 110 Å². The molecule has 0 aliphatic carbocycles. The maximum Gasteiger partial charge on any atom is 0.178 e. The molecule has 78 heavy (non-hydrogen) atoms. The van der Waals surface area contributed by atoms with Crippen LogP contribution in [0.5, 0.6) is 0 Å². The van der Waals surface area contributed by atoms with Crippen LogP contribution in [-0.4, -0.2) is 0 Å². The number of hydrogen-bond acceptors (Lipinski definition) is 4. The highest BCUT2D eigenvalue weighted by Gasteiger charge is 2.23. The first kappa shape index (κ1) is 45.0. The summed E-state index contributed by atoms with van der Waals surface area (Å²) in [5.74, 6) is 0. The molecule has 0 unspecified atom stereocenters. The molecule has 15 aromatic rings. The van der Waals surface area contributed by atoms with Crippen molar-refractivity contribution in [1.82, 2.24) is 0 Å². The van der Waals surface area contributed by atoms with Gasteiger partial charge in [0.05, 0.1) is 11.4 Å². The van der Waals surface area contributed by atoms with Gasteiger partial charge in [0.25, 0.3) is 0 Å². The van der Waals surface area contributed by atoms with Gasteiger partial charge in [-0.25, -0.2) is 0 Å². The van der Waals surface area contributed by atoms with Crippen molar-refractivity contribution in [2.75, 3.05) is 9.80 Å². The molecule has 366 valence electrons. The molecule has 0 saturated carbocycles. The molecule has 0 fully saturated rings. The Hall–Kier alpha value is -10.4. The van der Waals surface area contributed by atoms with Crippen molar-refractivity contribution in [3.8, 4) is 44.5 Å². The van der Waals surface area contributed by atoms with E-state index in [4.69, 9.17) is 8.83 Å². The number of anilines is 6. The van der Waals surface area contributed by atoms with Gasteiger partial charge >= 0.3 is 0 Å². The van der Waals surface area contributed by atoms with Crippen LogP contribution in [0, 0.1) is 0 Å². The quantitative estimate of drug-likeness (QED) is 0.137. The summed E-state index contributed by atoms with van der Waals surface area (Å²) in [4.78, 5) is 4.74. The highest BCUT2D eigenvalue weighted by molar-refractivity contribution is 6.21. The minimum Gasteiger partial charge on any atom is -0.452 e. The second kappa shape index (κ2) is 18.7. The summed E-state index contributed by atoms with van der Waals surface area (Å²) in [6.07, 6.45) is 0. The summed E-state index contributed by atoms with van der Waals surface area (Å²) >= 11 is 0. The number of nitrogens with zero attached hydrogens (tertiary/aromatic N) is 2. The fourth-order valence-electron chi connectivity index (χ4n) is 11.6. The fourth-order valence-corrected chi connectivity index (χ4v) is 11.6. The van der Waals surface area contributed by atoms with E-state index in [0.29, 0.717) is 0 Å². The Balaban J connectivity index is 0.837. The maximum atomic E-state index is 6.92. The monoisotopic (exact) mass is 996 g/mol. The Morgan fingerprint density at radius 1 is 0.218 bits per heavy atom. The van der Waals surface area contributed by atoms with Crippen molar-refractivity contribution in [3.05, 3.63) is 291 Å². The Morgan fingerprint density at radius 2 is 0.577 bits per heavy atom. The third kappa shape index (κ3) is 7.86. The van der Waals surface area contributed by atoms with Crippen molar-refractivity contribution in [3.63, 3.8) is 0 Å². The van der Waals surface area contributed by atoms with Gasteiger partial charge in [-0.05, 0) is 164 Å². The Morgan fingerprint density at radius 3 is 0.962 bits per heavy atom. The van der Waals surface area contributed by atoms with Gasteiger partial charge in [0, 0.05) is 55.4 Å². The predicted molar refractivity (Wildman–Crippen MR) is 327 cm³/mol. The van der Waals surface area contributed by atoms with Gasteiger partial charge in [-0.3, -0.25) is 0 Å². The summed E-state index contributed by atoms with van der Waals surface area (Å²) in [6.45, 7) is 0. The van der Waals surface area contributed by atoms with E-state index in [1.165, 1.54) is 22.3 Å². The maximum absolute atomic E-state index is 6.92. The SMILES string of the molecule is c1ccc(-c2ccc(N(c3ccccc3)c3ccc4cc5c(cc4c3)oc3c5ccc4c5cc6ccc(N(c7ccccc7)c7ccc(-c8ccccc8)cc7-c7ccccc7)cc6cc5oc43)c(-c3ccccc3)c2)cc1. The standard InChI is InChI=1S/C74H48N2O2/c1-7-19-49(20-8-1)53-33-39-69(65(43-53)51-23-11-3-12-24-51)75(59-27-15-5-16-28-59)61-35-31-55-45-67-63-37-38-64-68-46-56-32-36-62(42-58(56)48-72(68)78-74(64)73(63)77-71(67)47-57(55)41-61)76(60-29-17-6-18-30-60)70-40-34-54(50-21-9-2-10-22-50)44-66(70)52-25-13-4-14-26-52/h1-48H. The molecule has 2 heterocycles. The Bertz CT molecular complexity index is 4400. The minimum atomic E-state index is 0.749. The number of para-hydroxylation sites is 2. The molecule has 15 rings (SSSR count). The molecule has 0 bridgehead atoms. The molecule has 0 N–H and O–H groups in total. The molecule has 0 aliphatic rings. The van der Waals surface area contributed by atoms with Crippen LogP contribution < -0.4 is 9.80 Å². The second-order valence-corrected chi connectivity index (χ2v) is 20.1. The lowest BCUT2D eigenvalue weighted by Gasteiger charge is -2.28. The zero-order chi connectivity index (χ0) is 51.5. The third-order valence-electron chi connectivity index (χ3n) is 15.4. The number of hydrogen-bond donors (Lipinski definition) is 0. The van der Waals surface area contributed by atoms with Crippen LogP contribution in [-0.2, 0) is 0 Å². The molecule has 0 spiro atoms. The van der Waals surface area contributed by atoms with E-state index in [1.807, 2.05) is 0 Å². The number of rotatable bonds is 10. The van der Waals surface area contributed by atoms with E-state index in [-0.39, 0.29) is 0 Å². The topological polar surface area (TPSA) is 32.8 Å². The number of benzene rings is 13. The van der Waals surface area contributed by atoms with Crippen LogP contribution in [0.3, 0.4) is 0 Å². The summed E-state index contributed by atoms with van der Waals surface area (Å²) in [6, 6.07) is 104. The van der Waals surface area contributed by atoms with Crippen LogP contribution in [0.2, 0.25) is 0 Å². The first-order valence-electron chi connectivity index (χ1n) is 26.5. The molecule has 4 nitrogen and oxygen atoms in total. The average Bonchev–Trinajstić information content (AvgIpc) is 4.07. The van der Waals surface area contributed by atoms with Crippen LogP contribution in [0.1, 0.15) is 0 Å². The lowest BCUT2D eigenvalue weighted by molar-refractivity contribution is 0.634. The van der Waals surface area contributed by atoms with Crippen molar-refractivity contribution in [2.45, 2.75) is 0 Å². The molecular weight excluding hydrogens is 949 g/mol. The van der Waals surface area contributed by atoms with E-state index in [1.54, 1.807) is 0 Å². The predicted octanol–water partition coefficient (Wildman–Crippen LogP) is 21.4. The highest BCUT2D eigenvalue weighted by atomic mass is 16.4. The van der Waals surface area contributed by atoms with Crippen molar-refractivity contribution in [1.29, 1.82) is 0 Å². The third-order valence-corrected chi connectivity index (χ3v) is 15.4. The smallest absolute Gasteiger partial charge is 0.178 e. The molecule has 13 aromatic carbocycles. The molecule has 2 aromatic heterocycles. The van der Waals surface area contributed by atoms with Crippen LogP contribution >= 0.6 is 0 Å². The van der Waals surface area contributed by atoms with Gasteiger partial charge in [0.2, 0.25) is 0 Å². The lowest BCUT2D eigenvalue weighted by atomic mass is 9.96. The van der Waals surface area contributed by atoms with Crippen molar-refractivity contribution in [2.24, 2.45) is 0 Å². The van der Waals surface area contributed by atoms with Crippen molar-refractivity contribution < 1.29 is 8.83 Å². The van der Waals surface area contributed by atoms with E-state index < -0.39 is 0 Å². The zero-order valence-corrected chi connectivity index (χ0v) is 42.4. The molecule has 0 atom stereocenters. The van der Waals surface area contributed by atoms with Crippen LogP contribution in [0.15, 0.2) is 300 Å². The van der Waals surface area contributed by atoms with Gasteiger partial charge in [-0.1, -0.05) is 182 Å². The van der Waals surface area contributed by atoms with Crippen molar-refractivity contribution >= 4 is 99.5 Å². The Labute approximate surface area is 451 Å². The van der Waals surface area contributed by atoms with Gasteiger partial charge in [0.15, 0.2) is 11.2 Å². The van der Waals surface area contributed by atoms with Gasteiger partial charge in [-0.15, -0.1) is 0 Å². The largest absolute Gasteiger partial charge is 0.452 e. The molecule has 0 aliphatic heterocycles. The molecule has 4 heteroatoms. The van der Waals surface area contributed by atoms with Crippen LogP contribution in [0.4, 0.5) is 34.1 Å². The minimum absolute atomic E-state index is 0.749. The summed E-state index contributed by atoms with van der Waals surface area (Å²) in [7, 11) is 0. The van der Waals surface area contributed by atoms with E-state index in [9.17, 15) is 0 Å². The van der Waals surface area contributed by atoms with E-state index in [0.717, 1.165) is 122 Å². The number of furan rings is 2. The first-order valence-corrected chi connectivity index (χ1v) is 26.5. The normalized spacial score (nSPS) is 11.6. The fraction of sp³-hybridized carbons (Fsp3) is 0. The highest BCUT2D eigenvalue weighted by Crippen LogP contribution is 2.47. The summed E-state index contributed by atoms with van der Waals surface area (Å²) in [5.41, 5.74) is 18.8.